The van der Waals surface area contributed by atoms with Crippen molar-refractivity contribution in [3.05, 3.63) is 29.3 Å². The van der Waals surface area contributed by atoms with Crippen molar-refractivity contribution in [2.24, 2.45) is 0 Å². The molecule has 0 saturated carbocycles. The maximum absolute atomic E-state index is 4.55. The lowest BCUT2D eigenvalue weighted by Crippen LogP contribution is -2.09. The Hall–Kier alpha value is -0.890. The van der Waals surface area contributed by atoms with E-state index in [9.17, 15) is 0 Å². The molecule has 0 N–H and O–H groups in total. The Kier molecular flexibility index (Phi) is 1.88. The van der Waals surface area contributed by atoms with E-state index in [1.54, 1.807) is 11.3 Å². The summed E-state index contributed by atoms with van der Waals surface area (Å²) in [6, 6.07) is 9.16. The van der Waals surface area contributed by atoms with Crippen LogP contribution in [0.3, 0.4) is 0 Å². The third-order valence-electron chi connectivity index (χ3n) is 1.86. The van der Waals surface area contributed by atoms with Gasteiger partial charge in [-0.1, -0.05) is 32.9 Å². The molecule has 0 spiro atoms. The molecule has 0 aliphatic carbocycles. The van der Waals surface area contributed by atoms with E-state index in [-0.39, 0.29) is 5.41 Å². The summed E-state index contributed by atoms with van der Waals surface area (Å²) < 4.78 is 1.23. The summed E-state index contributed by atoms with van der Waals surface area (Å²) in [5, 5.41) is 1.19. The van der Waals surface area contributed by atoms with Crippen LogP contribution in [0.1, 0.15) is 25.8 Å². The molecule has 2 heteroatoms. The van der Waals surface area contributed by atoms with Gasteiger partial charge >= 0.3 is 0 Å². The lowest BCUT2D eigenvalue weighted by atomic mass is 9.98. The number of nitrogens with zero attached hydrogens (tertiary/aromatic N) is 1. The number of benzene rings is 1. The van der Waals surface area contributed by atoms with Gasteiger partial charge in [0, 0.05) is 11.5 Å². The van der Waals surface area contributed by atoms with E-state index in [1.165, 1.54) is 9.71 Å². The molecule has 2 rings (SSSR count). The molecular weight excluding hydrogens is 178 g/mol. The predicted molar refractivity (Wildman–Crippen MR) is 57.2 cm³/mol. The highest BCUT2D eigenvalue weighted by Gasteiger charge is 2.18. The fraction of sp³-hybridized carbons (Fsp3) is 0.364. The SMILES string of the molecule is CC(C)(C)c1nc2[c]cccc2s1. The third-order valence-corrected chi connectivity index (χ3v) is 3.31. The smallest absolute Gasteiger partial charge is 0.0992 e. The summed E-state index contributed by atoms with van der Waals surface area (Å²) >= 11 is 1.76. The van der Waals surface area contributed by atoms with Gasteiger partial charge in [0.2, 0.25) is 0 Å². The summed E-state index contributed by atoms with van der Waals surface area (Å²) in [6.45, 7) is 6.56. The van der Waals surface area contributed by atoms with Gasteiger partial charge in [-0.3, -0.25) is 0 Å². The summed E-state index contributed by atoms with van der Waals surface area (Å²) in [7, 11) is 0. The van der Waals surface area contributed by atoms with E-state index in [2.05, 4.69) is 37.9 Å². The molecule has 0 saturated heterocycles. The molecule has 13 heavy (non-hydrogen) atoms. The van der Waals surface area contributed by atoms with Crippen molar-refractivity contribution >= 4 is 21.6 Å². The van der Waals surface area contributed by atoms with Crippen molar-refractivity contribution in [1.29, 1.82) is 0 Å². The largest absolute Gasteiger partial charge is 0.240 e. The zero-order valence-electron chi connectivity index (χ0n) is 8.09. The van der Waals surface area contributed by atoms with Crippen LogP contribution in [0.25, 0.3) is 10.2 Å². The molecule has 0 fully saturated rings. The highest BCUT2D eigenvalue weighted by atomic mass is 32.1. The topological polar surface area (TPSA) is 12.9 Å². The van der Waals surface area contributed by atoms with Crippen LogP contribution in [0, 0.1) is 6.07 Å². The van der Waals surface area contributed by atoms with Crippen LogP contribution in [-0.4, -0.2) is 4.98 Å². The standard InChI is InChI=1S/C11H12NS/c1-11(2,3)10-12-8-6-4-5-7-9(8)13-10/h4-5,7H,1-3H3. The highest BCUT2D eigenvalue weighted by Crippen LogP contribution is 2.30. The van der Waals surface area contributed by atoms with Crippen molar-refractivity contribution in [2.45, 2.75) is 26.2 Å². The fourth-order valence-corrected chi connectivity index (χ4v) is 2.13. The molecule has 0 aliphatic heterocycles. The maximum Gasteiger partial charge on any atom is 0.0992 e. The lowest BCUT2D eigenvalue weighted by Gasteiger charge is -2.13. The summed E-state index contributed by atoms with van der Waals surface area (Å²) in [6.07, 6.45) is 0. The second-order valence-corrected chi connectivity index (χ2v) is 5.18. The molecule has 67 valence electrons. The molecule has 1 nitrogen and oxygen atoms in total. The maximum atomic E-state index is 4.55. The molecule has 0 amide bonds. The van der Waals surface area contributed by atoms with Crippen molar-refractivity contribution < 1.29 is 0 Å². The van der Waals surface area contributed by atoms with Crippen LogP contribution in [0.15, 0.2) is 18.2 Å². The number of hydrogen-bond acceptors (Lipinski definition) is 2. The Bertz CT molecular complexity index is 390. The first-order chi connectivity index (χ1) is 6.07. The van der Waals surface area contributed by atoms with E-state index in [4.69, 9.17) is 0 Å². The van der Waals surface area contributed by atoms with Crippen LogP contribution in [0.2, 0.25) is 0 Å². The molecule has 1 radical (unpaired) electrons. The number of rotatable bonds is 0. The Labute approximate surface area is 82.4 Å². The second kappa shape index (κ2) is 2.81. The molecule has 2 aromatic rings. The first-order valence-electron chi connectivity index (χ1n) is 4.35. The van der Waals surface area contributed by atoms with E-state index in [0.717, 1.165) is 5.52 Å². The van der Waals surface area contributed by atoms with Crippen molar-refractivity contribution in [1.82, 2.24) is 4.98 Å². The summed E-state index contributed by atoms with van der Waals surface area (Å²) in [4.78, 5) is 4.55. The molecule has 0 bridgehead atoms. The zero-order chi connectivity index (χ0) is 9.47. The average Bonchev–Trinajstić information content (AvgIpc) is 2.45. The van der Waals surface area contributed by atoms with Gasteiger partial charge in [0.25, 0.3) is 0 Å². The van der Waals surface area contributed by atoms with Crippen molar-refractivity contribution in [3.8, 4) is 0 Å². The minimum Gasteiger partial charge on any atom is -0.240 e. The normalized spacial score (nSPS) is 12.2. The van der Waals surface area contributed by atoms with Crippen molar-refractivity contribution in [2.75, 3.05) is 0 Å². The van der Waals surface area contributed by atoms with Crippen LogP contribution in [0.4, 0.5) is 0 Å². The van der Waals surface area contributed by atoms with Crippen LogP contribution in [-0.2, 0) is 5.41 Å². The van der Waals surface area contributed by atoms with E-state index < -0.39 is 0 Å². The van der Waals surface area contributed by atoms with E-state index in [1.807, 2.05) is 12.1 Å². The minimum atomic E-state index is 0.150. The van der Waals surface area contributed by atoms with Crippen molar-refractivity contribution in [3.63, 3.8) is 0 Å². The first kappa shape index (κ1) is 8.70. The highest BCUT2D eigenvalue weighted by molar-refractivity contribution is 7.18. The number of thiazole rings is 1. The first-order valence-corrected chi connectivity index (χ1v) is 5.17. The van der Waals surface area contributed by atoms with Crippen LogP contribution < -0.4 is 0 Å². The van der Waals surface area contributed by atoms with Gasteiger partial charge in [-0.25, -0.2) is 4.98 Å². The Morgan fingerprint density at radius 1 is 1.38 bits per heavy atom. The average molecular weight is 190 g/mol. The Morgan fingerprint density at radius 2 is 2.15 bits per heavy atom. The summed E-state index contributed by atoms with van der Waals surface area (Å²) in [5.74, 6) is 0. The van der Waals surface area contributed by atoms with E-state index in [0.29, 0.717) is 0 Å². The Balaban J connectivity index is 2.63. The van der Waals surface area contributed by atoms with Gasteiger partial charge in [0.1, 0.15) is 0 Å². The molecule has 1 aromatic carbocycles. The van der Waals surface area contributed by atoms with Gasteiger partial charge in [-0.15, -0.1) is 11.3 Å². The third kappa shape index (κ3) is 1.59. The molecule has 1 aromatic heterocycles. The van der Waals surface area contributed by atoms with E-state index >= 15 is 0 Å². The molecule has 1 heterocycles. The molecule has 0 aliphatic rings. The second-order valence-electron chi connectivity index (χ2n) is 4.15. The molecule has 0 unspecified atom stereocenters. The number of hydrogen-bond donors (Lipinski definition) is 0. The molecule has 0 atom stereocenters. The number of aromatic nitrogens is 1. The number of fused-ring (bicyclic) bond motifs is 1. The summed E-state index contributed by atoms with van der Waals surface area (Å²) in [5.41, 5.74) is 1.15. The molecular formula is C11H12NS. The Morgan fingerprint density at radius 3 is 2.77 bits per heavy atom. The fourth-order valence-electron chi connectivity index (χ4n) is 1.13. The quantitative estimate of drug-likeness (QED) is 0.620. The predicted octanol–water partition coefficient (Wildman–Crippen LogP) is 3.39. The van der Waals surface area contributed by atoms with Gasteiger partial charge in [0.05, 0.1) is 15.2 Å². The van der Waals surface area contributed by atoms with Gasteiger partial charge in [0.15, 0.2) is 0 Å². The minimum absolute atomic E-state index is 0.150. The van der Waals surface area contributed by atoms with Crippen LogP contribution in [0.5, 0.6) is 0 Å². The number of para-hydroxylation sites is 1. The van der Waals surface area contributed by atoms with Gasteiger partial charge in [-0.2, -0.15) is 0 Å². The van der Waals surface area contributed by atoms with Crippen LogP contribution >= 0.6 is 11.3 Å². The lowest BCUT2D eigenvalue weighted by molar-refractivity contribution is 0.587. The van der Waals surface area contributed by atoms with Gasteiger partial charge < -0.3 is 0 Å². The monoisotopic (exact) mass is 190 g/mol. The zero-order valence-corrected chi connectivity index (χ0v) is 8.90. The van der Waals surface area contributed by atoms with Gasteiger partial charge in [-0.05, 0) is 6.07 Å².